The number of nitrogens with one attached hydrogen (secondary N) is 3. The number of aliphatic hydroxyl groups is 1. The summed E-state index contributed by atoms with van der Waals surface area (Å²) in [4.78, 5) is 27.1. The van der Waals surface area contributed by atoms with Crippen LogP contribution in [0.1, 0.15) is 11.1 Å². The molecule has 0 aliphatic carbocycles. The Labute approximate surface area is 140 Å². The third kappa shape index (κ3) is 5.36. The van der Waals surface area contributed by atoms with E-state index in [1.807, 2.05) is 36.4 Å². The molecule has 0 atom stereocenters. The van der Waals surface area contributed by atoms with E-state index in [9.17, 15) is 9.59 Å². The normalized spacial score (nSPS) is 10.0. The van der Waals surface area contributed by atoms with Gasteiger partial charge in [-0.2, -0.15) is 0 Å². The molecule has 0 aliphatic heterocycles. The zero-order chi connectivity index (χ0) is 17.2. The average Bonchev–Trinajstić information content (AvgIpc) is 2.63. The maximum absolute atomic E-state index is 11.6. The highest BCUT2D eigenvalue weighted by atomic mass is 16.3. The second kappa shape index (κ2) is 9.26. The van der Waals surface area contributed by atoms with Crippen molar-refractivity contribution in [2.75, 3.05) is 18.6 Å². The summed E-state index contributed by atoms with van der Waals surface area (Å²) in [6.07, 6.45) is 5.13. The SMILES string of the molecule is O=C(NCCO)C(=O)NNc1ccccc1CCc1ccncc1. The van der Waals surface area contributed by atoms with Gasteiger partial charge in [0.05, 0.1) is 12.3 Å². The maximum Gasteiger partial charge on any atom is 0.327 e. The Hall–Kier alpha value is -2.93. The minimum Gasteiger partial charge on any atom is -0.395 e. The van der Waals surface area contributed by atoms with Gasteiger partial charge in [0.25, 0.3) is 0 Å². The molecule has 0 aliphatic rings. The summed E-state index contributed by atoms with van der Waals surface area (Å²) in [5.41, 5.74) is 8.05. The molecule has 2 aromatic rings. The molecule has 7 heteroatoms. The van der Waals surface area contributed by atoms with Crippen LogP contribution in [0.3, 0.4) is 0 Å². The van der Waals surface area contributed by atoms with Gasteiger partial charge in [-0.3, -0.25) is 25.4 Å². The number of aryl methyl sites for hydroxylation is 2. The maximum atomic E-state index is 11.6. The second-order valence-electron chi connectivity index (χ2n) is 5.07. The summed E-state index contributed by atoms with van der Waals surface area (Å²) in [7, 11) is 0. The van der Waals surface area contributed by atoms with Gasteiger partial charge in [0.2, 0.25) is 0 Å². The van der Waals surface area contributed by atoms with Crippen LogP contribution >= 0.6 is 0 Å². The van der Waals surface area contributed by atoms with Crippen LogP contribution in [0.2, 0.25) is 0 Å². The van der Waals surface area contributed by atoms with Gasteiger partial charge < -0.3 is 10.4 Å². The van der Waals surface area contributed by atoms with Gasteiger partial charge in [-0.1, -0.05) is 18.2 Å². The smallest absolute Gasteiger partial charge is 0.327 e. The van der Waals surface area contributed by atoms with Gasteiger partial charge in [0, 0.05) is 18.9 Å². The Bertz CT molecular complexity index is 677. The Balaban J connectivity index is 1.91. The molecule has 2 amide bonds. The van der Waals surface area contributed by atoms with Crippen molar-refractivity contribution in [1.82, 2.24) is 15.7 Å². The molecule has 0 spiro atoms. The molecule has 24 heavy (non-hydrogen) atoms. The lowest BCUT2D eigenvalue weighted by Gasteiger charge is -2.13. The Morgan fingerprint density at radius 3 is 2.50 bits per heavy atom. The predicted octanol–water partition coefficient (Wildman–Crippen LogP) is 0.418. The molecule has 0 saturated carbocycles. The molecule has 0 saturated heterocycles. The summed E-state index contributed by atoms with van der Waals surface area (Å²) in [6.45, 7) is -0.181. The minimum atomic E-state index is -0.813. The summed E-state index contributed by atoms with van der Waals surface area (Å²) < 4.78 is 0. The average molecular weight is 328 g/mol. The molecule has 4 N–H and O–H groups in total. The van der Waals surface area contributed by atoms with E-state index in [4.69, 9.17) is 5.11 Å². The Kier molecular flexibility index (Phi) is 6.73. The summed E-state index contributed by atoms with van der Waals surface area (Å²) in [5.74, 6) is -1.61. The van der Waals surface area contributed by atoms with Crippen molar-refractivity contribution in [1.29, 1.82) is 0 Å². The first-order chi connectivity index (χ1) is 11.7. The third-order valence-corrected chi connectivity index (χ3v) is 3.36. The van der Waals surface area contributed by atoms with Crippen molar-refractivity contribution in [3.05, 3.63) is 59.9 Å². The molecule has 1 aromatic heterocycles. The monoisotopic (exact) mass is 328 g/mol. The van der Waals surface area contributed by atoms with Crippen molar-refractivity contribution in [3.8, 4) is 0 Å². The van der Waals surface area contributed by atoms with Crippen LogP contribution in [0.4, 0.5) is 5.69 Å². The third-order valence-electron chi connectivity index (χ3n) is 3.36. The zero-order valence-corrected chi connectivity index (χ0v) is 13.2. The molecule has 0 radical (unpaired) electrons. The summed E-state index contributed by atoms with van der Waals surface area (Å²) in [5, 5.41) is 10.9. The van der Waals surface area contributed by atoms with E-state index in [1.54, 1.807) is 12.4 Å². The standard InChI is InChI=1S/C17H20N4O3/c22-12-11-19-16(23)17(24)21-20-15-4-2-1-3-14(15)6-5-13-7-9-18-10-8-13/h1-4,7-10,20,22H,5-6,11-12H2,(H,19,23)(H,21,24). The predicted molar refractivity (Wildman–Crippen MR) is 89.9 cm³/mol. The van der Waals surface area contributed by atoms with Crippen LogP contribution in [-0.2, 0) is 22.4 Å². The fourth-order valence-corrected chi connectivity index (χ4v) is 2.12. The molecule has 1 aromatic carbocycles. The molecule has 0 unspecified atom stereocenters. The number of benzene rings is 1. The van der Waals surface area contributed by atoms with E-state index >= 15 is 0 Å². The number of carbonyl (C=O) groups is 2. The number of para-hydroxylation sites is 1. The lowest BCUT2D eigenvalue weighted by molar-refractivity contribution is -0.138. The van der Waals surface area contributed by atoms with Crippen LogP contribution < -0.4 is 16.2 Å². The first-order valence-electron chi connectivity index (χ1n) is 7.62. The van der Waals surface area contributed by atoms with Crippen LogP contribution in [0.5, 0.6) is 0 Å². The van der Waals surface area contributed by atoms with Gasteiger partial charge in [0.15, 0.2) is 0 Å². The van der Waals surface area contributed by atoms with E-state index in [-0.39, 0.29) is 13.2 Å². The van der Waals surface area contributed by atoms with Gasteiger partial charge >= 0.3 is 11.8 Å². The Morgan fingerprint density at radius 2 is 1.75 bits per heavy atom. The first-order valence-corrected chi connectivity index (χ1v) is 7.62. The highest BCUT2D eigenvalue weighted by Gasteiger charge is 2.12. The van der Waals surface area contributed by atoms with Crippen molar-refractivity contribution in [2.24, 2.45) is 0 Å². The van der Waals surface area contributed by atoms with Gasteiger partial charge in [-0.15, -0.1) is 0 Å². The molecule has 2 rings (SSSR count). The van der Waals surface area contributed by atoms with E-state index < -0.39 is 11.8 Å². The fourth-order valence-electron chi connectivity index (χ4n) is 2.12. The molecule has 0 fully saturated rings. The molecule has 1 heterocycles. The number of pyridine rings is 1. The lowest BCUT2D eigenvalue weighted by atomic mass is 10.0. The van der Waals surface area contributed by atoms with Gasteiger partial charge in [-0.05, 0) is 42.2 Å². The van der Waals surface area contributed by atoms with Crippen LogP contribution in [0.25, 0.3) is 0 Å². The molecule has 7 nitrogen and oxygen atoms in total. The summed E-state index contributed by atoms with van der Waals surface area (Å²) >= 11 is 0. The number of aromatic nitrogens is 1. The topological polar surface area (TPSA) is 103 Å². The van der Waals surface area contributed by atoms with Crippen LogP contribution in [-0.4, -0.2) is 35.1 Å². The largest absolute Gasteiger partial charge is 0.395 e. The first kappa shape index (κ1) is 17.4. The molecule has 0 bridgehead atoms. The molecular weight excluding hydrogens is 308 g/mol. The van der Waals surface area contributed by atoms with E-state index in [0.29, 0.717) is 0 Å². The highest BCUT2D eigenvalue weighted by Crippen LogP contribution is 2.16. The lowest BCUT2D eigenvalue weighted by Crippen LogP contribution is -2.43. The molecule has 126 valence electrons. The number of anilines is 1. The highest BCUT2D eigenvalue weighted by molar-refractivity contribution is 6.35. The van der Waals surface area contributed by atoms with Crippen molar-refractivity contribution >= 4 is 17.5 Å². The van der Waals surface area contributed by atoms with Gasteiger partial charge in [-0.25, -0.2) is 0 Å². The number of hydrogen-bond acceptors (Lipinski definition) is 5. The number of rotatable bonds is 7. The van der Waals surface area contributed by atoms with Gasteiger partial charge in [0.1, 0.15) is 0 Å². The van der Waals surface area contributed by atoms with Crippen molar-refractivity contribution < 1.29 is 14.7 Å². The van der Waals surface area contributed by atoms with E-state index in [0.717, 1.165) is 24.1 Å². The number of amides is 2. The Morgan fingerprint density at radius 1 is 1.00 bits per heavy atom. The van der Waals surface area contributed by atoms with E-state index in [1.165, 1.54) is 5.56 Å². The number of aliphatic hydroxyl groups excluding tert-OH is 1. The zero-order valence-electron chi connectivity index (χ0n) is 13.2. The number of hydrazine groups is 1. The molecular formula is C17H20N4O3. The van der Waals surface area contributed by atoms with Crippen molar-refractivity contribution in [2.45, 2.75) is 12.8 Å². The second-order valence-corrected chi connectivity index (χ2v) is 5.07. The van der Waals surface area contributed by atoms with E-state index in [2.05, 4.69) is 21.2 Å². The number of carbonyl (C=O) groups excluding carboxylic acids is 2. The number of hydrogen-bond donors (Lipinski definition) is 4. The minimum absolute atomic E-state index is 0.0365. The van der Waals surface area contributed by atoms with Crippen LogP contribution in [0, 0.1) is 0 Å². The van der Waals surface area contributed by atoms with Crippen molar-refractivity contribution in [3.63, 3.8) is 0 Å². The number of nitrogens with zero attached hydrogens (tertiary/aromatic N) is 1. The fraction of sp³-hybridized carbons (Fsp3) is 0.235. The van der Waals surface area contributed by atoms with Crippen LogP contribution in [0.15, 0.2) is 48.8 Å². The summed E-state index contributed by atoms with van der Waals surface area (Å²) in [6, 6.07) is 11.5. The quantitative estimate of drug-likeness (QED) is 0.436.